The lowest BCUT2D eigenvalue weighted by atomic mass is 9.71. The summed E-state index contributed by atoms with van der Waals surface area (Å²) >= 11 is 0. The van der Waals surface area contributed by atoms with E-state index in [4.69, 9.17) is 4.74 Å². The molecule has 1 amide bonds. The van der Waals surface area contributed by atoms with Gasteiger partial charge in [0.05, 0.1) is 65.4 Å². The Morgan fingerprint density at radius 1 is 1.13 bits per heavy atom. The number of ether oxygens (including phenoxy) is 1. The Bertz CT molecular complexity index is 1300. The minimum Gasteiger partial charge on any atom is -0.379 e. The van der Waals surface area contributed by atoms with Gasteiger partial charge in [-0.3, -0.25) is 14.7 Å². The van der Waals surface area contributed by atoms with Crippen LogP contribution in [0.5, 0.6) is 0 Å². The zero-order chi connectivity index (χ0) is 26.7. The molecule has 2 fully saturated rings. The van der Waals surface area contributed by atoms with Crippen LogP contribution >= 0.6 is 0 Å². The quantitative estimate of drug-likeness (QED) is 0.502. The van der Waals surface area contributed by atoms with Gasteiger partial charge < -0.3 is 10.1 Å². The van der Waals surface area contributed by atoms with E-state index in [1.54, 1.807) is 31.3 Å². The van der Waals surface area contributed by atoms with Crippen LogP contribution in [0.25, 0.3) is 5.69 Å². The number of aromatic nitrogens is 3. The third-order valence-electron chi connectivity index (χ3n) is 7.74. The molecule has 38 heavy (non-hydrogen) atoms. The van der Waals surface area contributed by atoms with Crippen LogP contribution in [0.15, 0.2) is 48.8 Å². The highest BCUT2D eigenvalue weighted by Crippen LogP contribution is 2.40. The van der Waals surface area contributed by atoms with Crippen molar-refractivity contribution in [2.45, 2.75) is 50.5 Å². The van der Waals surface area contributed by atoms with E-state index in [2.05, 4.69) is 26.4 Å². The fourth-order valence-electron chi connectivity index (χ4n) is 5.43. The van der Waals surface area contributed by atoms with E-state index in [9.17, 15) is 18.8 Å². The Morgan fingerprint density at radius 3 is 2.45 bits per heavy atom. The molecule has 0 radical (unpaired) electrons. The van der Waals surface area contributed by atoms with Crippen LogP contribution in [0.4, 0.5) is 14.5 Å². The monoisotopic (exact) mass is 520 g/mol. The molecule has 1 aromatic carbocycles. The summed E-state index contributed by atoms with van der Waals surface area (Å²) in [7, 11) is 0. The number of halogens is 2. The molecule has 3 aromatic rings. The molecule has 198 valence electrons. The smallest absolute Gasteiger partial charge is 0.263 e. The van der Waals surface area contributed by atoms with Crippen molar-refractivity contribution in [3.05, 3.63) is 71.3 Å². The van der Waals surface area contributed by atoms with Gasteiger partial charge in [0.1, 0.15) is 0 Å². The molecule has 8 nitrogen and oxygen atoms in total. The van der Waals surface area contributed by atoms with E-state index in [-0.39, 0.29) is 11.5 Å². The van der Waals surface area contributed by atoms with Crippen molar-refractivity contribution < 1.29 is 18.3 Å². The fraction of sp³-hybridized carbons (Fsp3) is 0.429. The van der Waals surface area contributed by atoms with Gasteiger partial charge in [0.25, 0.3) is 12.3 Å². The Kier molecular flexibility index (Phi) is 7.49. The van der Waals surface area contributed by atoms with Gasteiger partial charge in [-0.25, -0.2) is 13.5 Å². The molecule has 1 aliphatic carbocycles. The fourth-order valence-corrected chi connectivity index (χ4v) is 5.43. The third-order valence-corrected chi connectivity index (χ3v) is 7.74. The van der Waals surface area contributed by atoms with Crippen molar-refractivity contribution >= 4 is 11.6 Å². The van der Waals surface area contributed by atoms with Crippen molar-refractivity contribution in [2.75, 3.05) is 31.6 Å². The van der Waals surface area contributed by atoms with E-state index < -0.39 is 11.8 Å². The lowest BCUT2D eigenvalue weighted by Gasteiger charge is -2.41. The Balaban J connectivity index is 1.24. The minimum atomic E-state index is -2.54. The minimum absolute atomic E-state index is 0.0733. The van der Waals surface area contributed by atoms with Gasteiger partial charge in [0.15, 0.2) is 0 Å². The van der Waals surface area contributed by atoms with Crippen LogP contribution in [-0.2, 0) is 10.2 Å². The highest BCUT2D eigenvalue weighted by atomic mass is 19.3. The number of rotatable bonds is 6. The van der Waals surface area contributed by atoms with Crippen molar-refractivity contribution in [2.24, 2.45) is 0 Å². The van der Waals surface area contributed by atoms with Gasteiger partial charge in [-0.1, -0.05) is 12.1 Å². The summed E-state index contributed by atoms with van der Waals surface area (Å²) in [6, 6.07) is 12.4. The highest BCUT2D eigenvalue weighted by Gasteiger charge is 2.40. The highest BCUT2D eigenvalue weighted by molar-refractivity contribution is 6.04. The molecule has 1 saturated heterocycles. The summed E-state index contributed by atoms with van der Waals surface area (Å²) in [6.45, 7) is 5.17. The van der Waals surface area contributed by atoms with E-state index in [1.807, 2.05) is 6.07 Å². The summed E-state index contributed by atoms with van der Waals surface area (Å²) in [4.78, 5) is 20.0. The molecule has 1 N–H and O–H groups in total. The summed E-state index contributed by atoms with van der Waals surface area (Å²) in [5, 5.41) is 17.2. The first-order valence-corrected chi connectivity index (χ1v) is 12.8. The Hall–Kier alpha value is -3.68. The molecule has 10 heteroatoms. The molecule has 0 spiro atoms. The summed E-state index contributed by atoms with van der Waals surface area (Å²) in [5.74, 6) is -0.353. The third kappa shape index (κ3) is 5.17. The molecule has 3 heterocycles. The van der Waals surface area contributed by atoms with E-state index in [1.165, 1.54) is 23.0 Å². The molecule has 2 aliphatic rings. The number of pyridine rings is 1. The van der Waals surface area contributed by atoms with Gasteiger partial charge in [0.2, 0.25) is 0 Å². The zero-order valence-electron chi connectivity index (χ0n) is 21.2. The maximum Gasteiger partial charge on any atom is 0.263 e. The largest absolute Gasteiger partial charge is 0.379 e. The lowest BCUT2D eigenvalue weighted by Crippen LogP contribution is -2.47. The first-order valence-electron chi connectivity index (χ1n) is 12.8. The molecule has 1 saturated carbocycles. The summed E-state index contributed by atoms with van der Waals surface area (Å²) in [6.07, 6.45) is 3.89. The molecule has 2 aromatic heterocycles. The maximum absolute atomic E-state index is 13.0. The van der Waals surface area contributed by atoms with Crippen LogP contribution in [0.2, 0.25) is 0 Å². The van der Waals surface area contributed by atoms with Gasteiger partial charge in [-0.05, 0) is 56.9 Å². The number of anilines is 1. The average molecular weight is 521 g/mol. The van der Waals surface area contributed by atoms with E-state index in [0.29, 0.717) is 28.7 Å². The van der Waals surface area contributed by atoms with Gasteiger partial charge >= 0.3 is 0 Å². The number of benzene rings is 1. The molecule has 5 rings (SSSR count). The topological polar surface area (TPSA) is 96.1 Å². The number of nitrogens with one attached hydrogen (secondary N) is 1. The Labute approximate surface area is 220 Å². The maximum atomic E-state index is 13.0. The molecule has 1 aliphatic heterocycles. The number of carbonyl (C=O) groups excluding carboxylic acids is 1. The predicted octanol–water partition coefficient (Wildman–Crippen LogP) is 4.80. The van der Waals surface area contributed by atoms with Gasteiger partial charge in [-0.15, -0.1) is 0 Å². The molecule has 0 bridgehead atoms. The molecule has 0 atom stereocenters. The second kappa shape index (κ2) is 11.0. The lowest BCUT2D eigenvalue weighted by molar-refractivity contribution is 0.00493. The summed E-state index contributed by atoms with van der Waals surface area (Å²) < 4.78 is 32.7. The number of hydrogen-bond donors (Lipinski definition) is 1. The van der Waals surface area contributed by atoms with Gasteiger partial charge in [0, 0.05) is 24.7 Å². The van der Waals surface area contributed by atoms with Crippen molar-refractivity contribution in [1.29, 1.82) is 5.26 Å². The summed E-state index contributed by atoms with van der Waals surface area (Å²) in [5.41, 5.74) is 2.08. The number of alkyl halides is 2. The van der Waals surface area contributed by atoms with Crippen LogP contribution in [-0.4, -0.2) is 57.9 Å². The normalized spacial score (nSPS) is 22.2. The van der Waals surface area contributed by atoms with Gasteiger partial charge in [-0.2, -0.15) is 10.4 Å². The number of morpholine rings is 1. The number of nitriles is 1. The average Bonchev–Trinajstić information content (AvgIpc) is 3.35. The predicted molar refractivity (Wildman–Crippen MR) is 137 cm³/mol. The second-order valence-corrected chi connectivity index (χ2v) is 9.91. The second-order valence-electron chi connectivity index (χ2n) is 9.91. The SMILES string of the molecule is Cc1c(C(=O)Nc2ccc(C3(C#N)CCC(N4CCOCC4)CC3)nc2)cnn1-c1ccc(C(F)F)cc1. The Morgan fingerprint density at radius 2 is 1.84 bits per heavy atom. The van der Waals surface area contributed by atoms with Crippen LogP contribution in [0.3, 0.4) is 0 Å². The van der Waals surface area contributed by atoms with Crippen molar-refractivity contribution in [3.63, 3.8) is 0 Å². The molecule has 0 unspecified atom stereocenters. The van der Waals surface area contributed by atoms with E-state index >= 15 is 0 Å². The first-order chi connectivity index (χ1) is 18.4. The molecular weight excluding hydrogens is 490 g/mol. The standard InChI is InChI=1S/C28H30F2N6O2/c1-19-24(17-33-36(19)23-5-2-20(3-6-23)26(29)30)27(37)34-21-4-7-25(32-16-21)28(18-31)10-8-22(9-11-28)35-12-14-38-15-13-35/h2-7,16-17,22,26H,8-15H2,1H3,(H,34,37). The number of hydrogen-bond acceptors (Lipinski definition) is 6. The van der Waals surface area contributed by atoms with E-state index in [0.717, 1.165) is 57.7 Å². The van der Waals surface area contributed by atoms with Crippen LogP contribution < -0.4 is 5.32 Å². The first kappa shape index (κ1) is 25.9. The van der Waals surface area contributed by atoms with Crippen molar-refractivity contribution in [1.82, 2.24) is 19.7 Å². The molecular formula is C28H30F2N6O2. The van der Waals surface area contributed by atoms with Crippen LogP contribution in [0, 0.1) is 18.3 Å². The zero-order valence-corrected chi connectivity index (χ0v) is 21.2. The van der Waals surface area contributed by atoms with Crippen LogP contribution in [0.1, 0.15) is 59.4 Å². The number of nitrogens with zero attached hydrogens (tertiary/aromatic N) is 5. The van der Waals surface area contributed by atoms with Crippen molar-refractivity contribution in [3.8, 4) is 11.8 Å². The number of amides is 1. The number of carbonyl (C=O) groups is 1.